The molecule has 0 unspecified atom stereocenters. The Hall–Kier alpha value is -1.39. The van der Waals surface area contributed by atoms with Crippen LogP contribution in [0.3, 0.4) is 0 Å². The molecule has 4 heteroatoms. The molecule has 23 heavy (non-hydrogen) atoms. The molecule has 0 fully saturated rings. The van der Waals surface area contributed by atoms with E-state index in [2.05, 4.69) is 33.9 Å². The normalized spacial score (nSPS) is 22.3. The van der Waals surface area contributed by atoms with Gasteiger partial charge in [-0.15, -0.1) is 0 Å². The molecule has 2 atom stereocenters. The van der Waals surface area contributed by atoms with E-state index < -0.39 is 8.32 Å². The van der Waals surface area contributed by atoms with Gasteiger partial charge in [0, 0.05) is 12.3 Å². The second kappa shape index (κ2) is 6.61. The topological polar surface area (TPSA) is 35.5 Å². The third-order valence-corrected chi connectivity index (χ3v) is 9.54. The van der Waals surface area contributed by atoms with Gasteiger partial charge in [-0.25, -0.2) is 0 Å². The van der Waals surface area contributed by atoms with Crippen LogP contribution in [0.15, 0.2) is 36.4 Å². The van der Waals surface area contributed by atoms with Crippen LogP contribution in [0, 0.1) is 0 Å². The average molecular weight is 333 g/mol. The molecule has 0 N–H and O–H groups in total. The number of hydrogen-bond acceptors (Lipinski definition) is 3. The Labute approximate surface area is 140 Å². The van der Waals surface area contributed by atoms with Gasteiger partial charge in [-0.3, -0.25) is 4.79 Å². The third kappa shape index (κ3) is 4.12. The molecule has 0 saturated heterocycles. The van der Waals surface area contributed by atoms with Crippen molar-refractivity contribution in [3.63, 3.8) is 0 Å². The number of ether oxygens (including phenoxy) is 1. The SMILES string of the molecule is COc1ccc([C@@H]2CC(=O)C=C[C@H]2O[Si](C)(C)C(C)(C)C)cc1. The van der Waals surface area contributed by atoms with Crippen molar-refractivity contribution in [1.82, 2.24) is 0 Å². The van der Waals surface area contributed by atoms with Crippen LogP contribution in [0.1, 0.15) is 38.7 Å². The molecule has 2 rings (SSSR count). The predicted octanol–water partition coefficient (Wildman–Crippen LogP) is 4.70. The van der Waals surface area contributed by atoms with Gasteiger partial charge in [-0.1, -0.05) is 39.0 Å². The van der Waals surface area contributed by atoms with Gasteiger partial charge in [0.05, 0.1) is 13.2 Å². The summed E-state index contributed by atoms with van der Waals surface area (Å²) < 4.78 is 11.8. The Kier molecular flexibility index (Phi) is 5.16. The second-order valence-electron chi connectivity index (χ2n) is 7.75. The van der Waals surface area contributed by atoms with Crippen molar-refractivity contribution < 1.29 is 14.0 Å². The summed E-state index contributed by atoms with van der Waals surface area (Å²) in [6.07, 6.45) is 4.09. The predicted molar refractivity (Wildman–Crippen MR) is 96.6 cm³/mol. The van der Waals surface area contributed by atoms with Crippen LogP contribution in [0.25, 0.3) is 0 Å². The fourth-order valence-corrected chi connectivity index (χ4v) is 3.81. The Morgan fingerprint density at radius 3 is 2.26 bits per heavy atom. The molecule has 3 nitrogen and oxygen atoms in total. The van der Waals surface area contributed by atoms with Crippen LogP contribution >= 0.6 is 0 Å². The van der Waals surface area contributed by atoms with E-state index in [9.17, 15) is 4.79 Å². The summed E-state index contributed by atoms with van der Waals surface area (Å²) >= 11 is 0. The largest absolute Gasteiger partial charge is 0.497 e. The molecule has 0 amide bonds. The van der Waals surface area contributed by atoms with Crippen molar-refractivity contribution in [2.24, 2.45) is 0 Å². The highest BCUT2D eigenvalue weighted by Crippen LogP contribution is 2.41. The van der Waals surface area contributed by atoms with E-state index in [1.54, 1.807) is 13.2 Å². The molecule has 0 heterocycles. The van der Waals surface area contributed by atoms with Crippen LogP contribution in [0.4, 0.5) is 0 Å². The van der Waals surface area contributed by atoms with Crippen LogP contribution in [-0.2, 0) is 9.22 Å². The molecular formula is C19H28O3Si. The number of allylic oxidation sites excluding steroid dienone is 1. The monoisotopic (exact) mass is 332 g/mol. The van der Waals surface area contributed by atoms with Crippen LogP contribution in [-0.4, -0.2) is 27.3 Å². The maximum atomic E-state index is 11.9. The standard InChI is InChI=1S/C19H28O3Si/c1-19(2,3)23(5,6)22-18-12-9-15(20)13-17(18)14-7-10-16(21-4)11-8-14/h7-12,17-18H,13H2,1-6H3/t17-,18+/m0/s1. The lowest BCUT2D eigenvalue weighted by atomic mass is 9.85. The van der Waals surface area contributed by atoms with Gasteiger partial charge < -0.3 is 9.16 Å². The average Bonchev–Trinajstić information content (AvgIpc) is 2.48. The quantitative estimate of drug-likeness (QED) is 0.750. The second-order valence-corrected chi connectivity index (χ2v) is 12.5. The zero-order chi connectivity index (χ0) is 17.3. The van der Waals surface area contributed by atoms with E-state index in [0.717, 1.165) is 11.3 Å². The van der Waals surface area contributed by atoms with Crippen molar-refractivity contribution in [2.75, 3.05) is 7.11 Å². The van der Waals surface area contributed by atoms with E-state index in [4.69, 9.17) is 9.16 Å². The van der Waals surface area contributed by atoms with Gasteiger partial charge >= 0.3 is 0 Å². The summed E-state index contributed by atoms with van der Waals surface area (Å²) in [4.78, 5) is 11.9. The van der Waals surface area contributed by atoms with Crippen molar-refractivity contribution >= 4 is 14.1 Å². The molecule has 0 spiro atoms. The molecule has 0 aliphatic heterocycles. The lowest BCUT2D eigenvalue weighted by molar-refractivity contribution is -0.115. The van der Waals surface area contributed by atoms with Crippen LogP contribution < -0.4 is 4.74 Å². The number of methoxy groups -OCH3 is 1. The summed E-state index contributed by atoms with van der Waals surface area (Å²) in [6.45, 7) is 11.2. The number of ketones is 1. The summed E-state index contributed by atoms with van der Waals surface area (Å²) in [5, 5.41) is 0.146. The van der Waals surface area contributed by atoms with Gasteiger partial charge in [-0.05, 0) is 41.9 Å². The first-order valence-electron chi connectivity index (χ1n) is 8.17. The van der Waals surface area contributed by atoms with Gasteiger partial charge in [0.1, 0.15) is 5.75 Å². The minimum atomic E-state index is -1.89. The lowest BCUT2D eigenvalue weighted by Crippen LogP contribution is -2.45. The number of carbonyl (C=O) groups excluding carboxylic acids is 1. The van der Waals surface area contributed by atoms with E-state index in [-0.39, 0.29) is 22.8 Å². The zero-order valence-electron chi connectivity index (χ0n) is 15.1. The first-order valence-corrected chi connectivity index (χ1v) is 11.1. The number of benzene rings is 1. The highest BCUT2D eigenvalue weighted by molar-refractivity contribution is 6.74. The molecule has 0 bridgehead atoms. The molecule has 126 valence electrons. The van der Waals surface area contributed by atoms with Gasteiger partial charge in [0.15, 0.2) is 14.1 Å². The smallest absolute Gasteiger partial charge is 0.192 e. The Balaban J connectivity index is 2.28. The zero-order valence-corrected chi connectivity index (χ0v) is 16.1. The molecule has 0 radical (unpaired) electrons. The first-order chi connectivity index (χ1) is 10.6. The highest BCUT2D eigenvalue weighted by Gasteiger charge is 2.41. The number of rotatable bonds is 4. The van der Waals surface area contributed by atoms with Crippen LogP contribution in [0.2, 0.25) is 18.1 Å². The third-order valence-electron chi connectivity index (χ3n) is 5.07. The maximum Gasteiger partial charge on any atom is 0.192 e. The molecule has 1 aliphatic carbocycles. The van der Waals surface area contributed by atoms with Gasteiger partial charge in [-0.2, -0.15) is 0 Å². The Morgan fingerprint density at radius 2 is 1.74 bits per heavy atom. The van der Waals surface area contributed by atoms with Crippen molar-refractivity contribution in [3.05, 3.63) is 42.0 Å². The minimum Gasteiger partial charge on any atom is -0.497 e. The summed E-state index contributed by atoms with van der Waals surface area (Å²) in [7, 11) is -0.236. The fourth-order valence-electron chi connectivity index (χ4n) is 2.53. The van der Waals surface area contributed by atoms with Crippen LogP contribution in [0.5, 0.6) is 5.75 Å². The van der Waals surface area contributed by atoms with Crippen molar-refractivity contribution in [2.45, 2.75) is 57.3 Å². The van der Waals surface area contributed by atoms with Crippen molar-refractivity contribution in [3.8, 4) is 5.75 Å². The highest BCUT2D eigenvalue weighted by atomic mass is 28.4. The minimum absolute atomic E-state index is 0.0398. The van der Waals surface area contributed by atoms with E-state index in [0.29, 0.717) is 6.42 Å². The molecule has 1 aliphatic rings. The summed E-state index contributed by atoms with van der Waals surface area (Å²) in [5.74, 6) is 1.07. The van der Waals surface area contributed by atoms with E-state index in [1.165, 1.54) is 0 Å². The van der Waals surface area contributed by atoms with Gasteiger partial charge in [0.25, 0.3) is 0 Å². The van der Waals surface area contributed by atoms with Gasteiger partial charge in [0.2, 0.25) is 0 Å². The lowest BCUT2D eigenvalue weighted by Gasteiger charge is -2.41. The first kappa shape index (κ1) is 18.0. The summed E-state index contributed by atoms with van der Waals surface area (Å²) in [6, 6.07) is 7.97. The number of carbonyl (C=O) groups is 1. The van der Waals surface area contributed by atoms with E-state index >= 15 is 0 Å². The Morgan fingerprint density at radius 1 is 1.13 bits per heavy atom. The molecule has 1 aromatic carbocycles. The fraction of sp³-hybridized carbons (Fsp3) is 0.526. The molecule has 1 aromatic rings. The molecular weight excluding hydrogens is 304 g/mol. The Bertz CT molecular complexity index is 582. The maximum absolute atomic E-state index is 11.9. The number of hydrogen-bond donors (Lipinski definition) is 0. The van der Waals surface area contributed by atoms with E-state index in [1.807, 2.05) is 30.3 Å². The molecule has 0 saturated carbocycles. The van der Waals surface area contributed by atoms with Crippen molar-refractivity contribution in [1.29, 1.82) is 0 Å². The summed E-state index contributed by atoms with van der Waals surface area (Å²) in [5.41, 5.74) is 1.13. The molecule has 0 aromatic heterocycles.